The van der Waals surface area contributed by atoms with Gasteiger partial charge in [-0.1, -0.05) is 75.2 Å². The number of allylic oxidation sites excluding steroid dienone is 3. The molecule has 0 radical (unpaired) electrons. The zero-order valence-corrected chi connectivity index (χ0v) is 61.6. The molecular formula is C65H100N2O22P2Si2. The molecule has 0 saturated heterocycles. The minimum atomic E-state index is -3.71. The van der Waals surface area contributed by atoms with E-state index in [2.05, 4.69) is 60.9 Å². The number of methoxy groups -OCH3 is 2. The van der Waals surface area contributed by atoms with Crippen LogP contribution in [-0.4, -0.2) is 155 Å². The summed E-state index contributed by atoms with van der Waals surface area (Å²) in [4.78, 5) is 82.6. The molecule has 520 valence electrons. The normalized spacial score (nSPS) is 14.5. The molecule has 93 heavy (non-hydrogen) atoms. The predicted octanol–water partition coefficient (Wildman–Crippen LogP) is 11.8. The lowest BCUT2D eigenvalue weighted by atomic mass is 9.95. The van der Waals surface area contributed by atoms with Gasteiger partial charge >= 0.3 is 37.4 Å². The lowest BCUT2D eigenvalue weighted by Gasteiger charge is -2.22. The number of para-hydroxylation sites is 1. The molecule has 5 rings (SSSR count). The highest BCUT2D eigenvalue weighted by Gasteiger charge is 2.36. The van der Waals surface area contributed by atoms with Crippen LogP contribution in [0.3, 0.4) is 0 Å². The van der Waals surface area contributed by atoms with Gasteiger partial charge in [0.25, 0.3) is 0 Å². The number of fused-ring (bicyclic) bond motifs is 2. The molecule has 2 heterocycles. The number of carbonyl (C=O) groups is 7. The van der Waals surface area contributed by atoms with Crippen LogP contribution in [0.2, 0.25) is 51.4 Å². The first-order valence-electron chi connectivity index (χ1n) is 30.7. The van der Waals surface area contributed by atoms with Crippen LogP contribution < -0.4 is 34.1 Å². The molecule has 0 fully saturated rings. The first kappa shape index (κ1) is 82.5. The minimum absolute atomic E-state index is 0.0357. The molecule has 1 amide bonds. The Kier molecular flexibility index (Phi) is 35.4. The van der Waals surface area contributed by atoms with E-state index in [1.165, 1.54) is 27.4 Å². The fraction of sp³-hybridized carbons (Fsp3) is 0.554. The molecular weight excluding hydrogens is 1280 g/mol. The zero-order chi connectivity index (χ0) is 70.4. The summed E-state index contributed by atoms with van der Waals surface area (Å²) in [6.45, 7) is 34.6. The number of rotatable bonds is 33. The fourth-order valence-electron chi connectivity index (χ4n) is 8.85. The summed E-state index contributed by atoms with van der Waals surface area (Å²) in [5.74, 6) is 0.112. The lowest BCUT2D eigenvalue weighted by Crippen LogP contribution is -2.26. The predicted molar refractivity (Wildman–Crippen MR) is 360 cm³/mol. The number of esters is 4. The van der Waals surface area contributed by atoms with E-state index < -0.39 is 61.2 Å². The summed E-state index contributed by atoms with van der Waals surface area (Å²) in [5.41, 5.74) is 7.65. The van der Waals surface area contributed by atoms with Crippen LogP contribution >= 0.6 is 15.0 Å². The van der Waals surface area contributed by atoms with Crippen LogP contribution in [0.5, 0.6) is 28.7 Å². The molecule has 2 aliphatic heterocycles. The highest BCUT2D eigenvalue weighted by atomic mass is 31.2. The van der Waals surface area contributed by atoms with E-state index in [4.69, 9.17) is 56.7 Å². The van der Waals surface area contributed by atoms with Gasteiger partial charge in [0.15, 0.2) is 12.2 Å². The van der Waals surface area contributed by atoms with Crippen molar-refractivity contribution in [3.8, 4) is 28.7 Å². The maximum Gasteiger partial charge on any atom is 0.381 e. The maximum atomic E-state index is 13.7. The molecule has 2 aliphatic rings. The third-order valence-corrected chi connectivity index (χ3v) is 20.9. The van der Waals surface area contributed by atoms with Crippen molar-refractivity contribution in [2.24, 2.45) is 0 Å². The Morgan fingerprint density at radius 2 is 1.14 bits per heavy atom. The largest absolute Gasteiger partial charge is 0.496 e. The van der Waals surface area contributed by atoms with E-state index >= 15 is 0 Å². The summed E-state index contributed by atoms with van der Waals surface area (Å²) < 4.78 is 86.5. The quantitative estimate of drug-likeness (QED) is 0.00487. The Labute approximate surface area is 550 Å². The Morgan fingerprint density at radius 1 is 0.688 bits per heavy atom. The monoisotopic (exact) mass is 1380 g/mol. The molecule has 28 heteroatoms. The van der Waals surface area contributed by atoms with Crippen molar-refractivity contribution in [1.82, 2.24) is 10.6 Å². The van der Waals surface area contributed by atoms with Crippen molar-refractivity contribution < 1.29 is 104 Å². The summed E-state index contributed by atoms with van der Waals surface area (Å²) in [6, 6.07) is 10.7. The van der Waals surface area contributed by atoms with E-state index in [9.17, 15) is 42.7 Å². The Balaban J connectivity index is 0.000000513. The first-order valence-corrected chi connectivity index (χ1v) is 42.1. The van der Waals surface area contributed by atoms with Gasteiger partial charge in [-0.15, -0.1) is 0 Å². The molecule has 24 nitrogen and oxygen atoms in total. The van der Waals surface area contributed by atoms with E-state index in [1.54, 1.807) is 59.3 Å². The number of hydrogen-bond donors (Lipinski definition) is 3. The standard InChI is InChI=1S/C33H48NO9PSi.C20H28O5Si.C10H20NO5P.C2H4O3/c1-9-39-32(35)25(4)42-44(37,43-26-13-11-10-12-14-26)19-17-34-21-23(2)15-16-27-30(38-5)24(3)28-22-41-33(36)29(28)31(27)40-18-20-45(6,7)8;1-13(11-21)7-8-15-18(23-3)14(2)16-12-25-20(22)17(16)19(15)24-9-10-26(4,5)6;1-5-15-10(13)8(2)16-17(4,14)7-6-11-9(3)12;1-2(3)5-4/h10-15,25,34H,9,16-22H2,1-8H3;7,11H,8-10,12H2,1-6H3;8H,5-7H2,1-4H3,(H,11,12);4H,1H3/b23-15+;13-7+;;/t25-,44?;;8-,17?;/m0.0./s1. The topological polar surface area (TPSA) is 309 Å². The number of ether oxygens (including phenoxy) is 8. The van der Waals surface area contributed by atoms with Crippen molar-refractivity contribution in [1.29, 1.82) is 0 Å². The number of cyclic esters (lactones) is 2. The molecule has 0 aromatic heterocycles. The van der Waals surface area contributed by atoms with Crippen LogP contribution in [0.1, 0.15) is 109 Å². The molecule has 4 atom stereocenters. The molecule has 0 aliphatic carbocycles. The fourth-order valence-corrected chi connectivity index (χ4v) is 13.3. The number of aldehydes is 1. The van der Waals surface area contributed by atoms with Gasteiger partial charge < -0.3 is 62.5 Å². The summed E-state index contributed by atoms with van der Waals surface area (Å²) >= 11 is 0. The lowest BCUT2D eigenvalue weighted by molar-refractivity contribution is -0.231. The third kappa shape index (κ3) is 28.9. The van der Waals surface area contributed by atoms with Gasteiger partial charge in [-0.2, -0.15) is 5.26 Å². The molecule has 3 aromatic rings. The van der Waals surface area contributed by atoms with Gasteiger partial charge in [-0.25, -0.2) is 28.5 Å². The average Bonchev–Trinajstić information content (AvgIpc) is 1.71. The second kappa shape index (κ2) is 39.9. The van der Waals surface area contributed by atoms with Crippen LogP contribution in [0, 0.1) is 13.8 Å². The zero-order valence-electron chi connectivity index (χ0n) is 57.8. The first-order chi connectivity index (χ1) is 43.5. The number of carbonyl (C=O) groups excluding carboxylic acids is 7. The summed E-state index contributed by atoms with van der Waals surface area (Å²) in [5, 5.41) is 13.1. The number of amides is 1. The Morgan fingerprint density at radius 3 is 1.55 bits per heavy atom. The number of benzene rings is 3. The smallest absolute Gasteiger partial charge is 0.381 e. The average molecular weight is 1380 g/mol. The molecule has 0 saturated carbocycles. The van der Waals surface area contributed by atoms with Gasteiger partial charge in [0.05, 0.1) is 46.8 Å². The van der Waals surface area contributed by atoms with E-state index in [-0.39, 0.29) is 63.1 Å². The second-order valence-electron chi connectivity index (χ2n) is 24.4. The second-order valence-corrected chi connectivity index (χ2v) is 40.3. The molecule has 0 bridgehead atoms. The van der Waals surface area contributed by atoms with Gasteiger partial charge in [0, 0.05) is 84.7 Å². The maximum absolute atomic E-state index is 13.7. The van der Waals surface area contributed by atoms with Gasteiger partial charge in [-0.05, 0) is 109 Å². The van der Waals surface area contributed by atoms with Crippen molar-refractivity contribution in [2.75, 3.05) is 79.3 Å². The number of hydrogen-bond acceptors (Lipinski definition) is 23. The molecule has 0 spiro atoms. The van der Waals surface area contributed by atoms with Crippen LogP contribution in [-0.2, 0) is 92.0 Å². The summed E-state index contributed by atoms with van der Waals surface area (Å²) in [6.07, 6.45) is 3.95. The highest BCUT2D eigenvalue weighted by molar-refractivity contribution is 7.58. The molecule has 3 aromatic carbocycles. The highest BCUT2D eigenvalue weighted by Crippen LogP contribution is 2.50. The van der Waals surface area contributed by atoms with Crippen molar-refractivity contribution >= 4 is 73.2 Å². The summed E-state index contributed by atoms with van der Waals surface area (Å²) in [7, 11) is -6.02. The van der Waals surface area contributed by atoms with E-state index in [1.807, 2.05) is 32.9 Å². The van der Waals surface area contributed by atoms with Gasteiger partial charge in [-0.3, -0.25) is 18.7 Å². The Hall–Kier alpha value is -6.64. The van der Waals surface area contributed by atoms with Crippen molar-refractivity contribution in [3.05, 3.63) is 98.1 Å². The Bertz CT molecular complexity index is 3180. The van der Waals surface area contributed by atoms with Crippen molar-refractivity contribution in [3.63, 3.8) is 0 Å². The van der Waals surface area contributed by atoms with Crippen LogP contribution in [0.25, 0.3) is 0 Å². The molecule has 2 unspecified atom stereocenters. The van der Waals surface area contributed by atoms with E-state index in [0.29, 0.717) is 84.6 Å². The van der Waals surface area contributed by atoms with Crippen LogP contribution in [0.4, 0.5) is 0 Å². The number of nitrogens with one attached hydrogen (secondary N) is 2. The minimum Gasteiger partial charge on any atom is -0.496 e. The van der Waals surface area contributed by atoms with Gasteiger partial charge in [0.2, 0.25) is 13.3 Å². The molecule has 3 N–H and O–H groups in total. The third-order valence-electron chi connectivity index (χ3n) is 13.8. The van der Waals surface area contributed by atoms with Gasteiger partial charge in [0.1, 0.15) is 59.4 Å². The van der Waals surface area contributed by atoms with E-state index in [0.717, 1.165) is 64.3 Å². The van der Waals surface area contributed by atoms with Crippen molar-refractivity contribution in [2.45, 2.75) is 159 Å². The van der Waals surface area contributed by atoms with Crippen LogP contribution in [0.15, 0.2) is 53.6 Å². The SMILES string of the molecule is CC(=O)OO.CCOC(=O)[C@H](C)OP(=O)(CCNC/C(C)=C/Cc1c(OC)c(C)c2c(c1OCC[Si](C)(C)C)C(=O)OC2)Oc1ccccc1.CCOC(=O)[C@H](C)OP(C)(=O)CCNC(C)=O.COc1c(C)c2c(c(OCC[Si](C)(C)C)c1C/C=C(\C)C=O)C(=O)OC2.